The van der Waals surface area contributed by atoms with E-state index in [0.29, 0.717) is 56.3 Å². The van der Waals surface area contributed by atoms with Crippen molar-refractivity contribution in [2.75, 3.05) is 51.9 Å². The molecule has 10 heteroatoms. The van der Waals surface area contributed by atoms with Crippen molar-refractivity contribution < 1.29 is 22.7 Å². The van der Waals surface area contributed by atoms with E-state index < -0.39 is 10.2 Å². The molecule has 1 saturated heterocycles. The number of benzene rings is 1. The van der Waals surface area contributed by atoms with Crippen LogP contribution in [0.25, 0.3) is 0 Å². The van der Waals surface area contributed by atoms with E-state index in [2.05, 4.69) is 10.2 Å². The van der Waals surface area contributed by atoms with Crippen molar-refractivity contribution in [3.8, 4) is 11.5 Å². The highest BCUT2D eigenvalue weighted by atomic mass is 32.2. The molecule has 2 heterocycles. The third-order valence-corrected chi connectivity index (χ3v) is 8.47. The molecule has 1 aliphatic carbocycles. The Labute approximate surface area is 184 Å². The van der Waals surface area contributed by atoms with Gasteiger partial charge in [0.15, 0.2) is 11.5 Å². The Hall–Kier alpha value is -1.88. The minimum Gasteiger partial charge on any atom is -0.454 e. The number of piperazine rings is 1. The second-order valence-electron chi connectivity index (χ2n) is 8.42. The van der Waals surface area contributed by atoms with Gasteiger partial charge in [0.2, 0.25) is 12.7 Å². The highest BCUT2D eigenvalue weighted by molar-refractivity contribution is 7.86. The van der Waals surface area contributed by atoms with Crippen LogP contribution in [-0.4, -0.2) is 80.4 Å². The van der Waals surface area contributed by atoms with Crippen molar-refractivity contribution in [1.82, 2.24) is 13.5 Å². The second-order valence-corrected chi connectivity index (χ2v) is 10.4. The van der Waals surface area contributed by atoms with Gasteiger partial charge in [-0.2, -0.15) is 17.0 Å². The van der Waals surface area contributed by atoms with E-state index in [1.807, 2.05) is 0 Å². The first-order chi connectivity index (χ1) is 14.9. The van der Waals surface area contributed by atoms with Gasteiger partial charge in [0.1, 0.15) is 0 Å². The van der Waals surface area contributed by atoms with Crippen molar-refractivity contribution in [1.29, 1.82) is 0 Å². The van der Waals surface area contributed by atoms with Gasteiger partial charge in [-0.1, -0.05) is 19.3 Å². The lowest BCUT2D eigenvalue weighted by Gasteiger charge is -2.38. The molecule has 0 unspecified atom stereocenters. The maximum atomic E-state index is 13.0. The molecule has 9 nitrogen and oxygen atoms in total. The van der Waals surface area contributed by atoms with Crippen LogP contribution in [0.15, 0.2) is 18.2 Å². The molecular formula is C21H32N4O5S. The molecule has 1 N–H and O–H groups in total. The highest BCUT2D eigenvalue weighted by Gasteiger charge is 2.34. The standard InChI is InChI=1S/C21H32N4O5S/c1-23(18-5-3-2-4-6-18)31(27,28)25-13-11-24(12-14-25)10-9-21(26)22-17-7-8-19-20(15-17)30-16-29-19/h7-8,15,18H,2-6,9-14,16H2,1H3,(H,22,26). The Morgan fingerprint density at radius 3 is 2.55 bits per heavy atom. The summed E-state index contributed by atoms with van der Waals surface area (Å²) >= 11 is 0. The number of hydrogen-bond acceptors (Lipinski definition) is 6. The van der Waals surface area contributed by atoms with E-state index in [1.54, 1.807) is 33.9 Å². The monoisotopic (exact) mass is 452 g/mol. The zero-order valence-electron chi connectivity index (χ0n) is 18.1. The van der Waals surface area contributed by atoms with Gasteiger partial charge >= 0.3 is 0 Å². The largest absolute Gasteiger partial charge is 0.454 e. The Kier molecular flexibility index (Phi) is 7.00. The number of amides is 1. The molecule has 0 bridgehead atoms. The summed E-state index contributed by atoms with van der Waals surface area (Å²) in [5, 5.41) is 2.88. The molecule has 3 aliphatic rings. The number of carbonyl (C=O) groups is 1. The predicted octanol–water partition coefficient (Wildman–Crippen LogP) is 1.87. The van der Waals surface area contributed by atoms with Crippen LogP contribution < -0.4 is 14.8 Å². The third kappa shape index (κ3) is 5.31. The molecule has 0 aromatic heterocycles. The van der Waals surface area contributed by atoms with Crippen LogP contribution in [0, 0.1) is 0 Å². The van der Waals surface area contributed by atoms with Crippen molar-refractivity contribution in [2.45, 2.75) is 44.6 Å². The van der Waals surface area contributed by atoms with Gasteiger partial charge < -0.3 is 19.7 Å². The van der Waals surface area contributed by atoms with Gasteiger partial charge in [0.25, 0.3) is 10.2 Å². The first-order valence-corrected chi connectivity index (χ1v) is 12.5. The summed E-state index contributed by atoms with van der Waals surface area (Å²) in [4.78, 5) is 14.5. The molecule has 4 rings (SSSR count). The molecule has 2 aliphatic heterocycles. The van der Waals surface area contributed by atoms with Crippen LogP contribution in [0.1, 0.15) is 38.5 Å². The highest BCUT2D eigenvalue weighted by Crippen LogP contribution is 2.34. The second kappa shape index (κ2) is 9.72. The fourth-order valence-corrected chi connectivity index (χ4v) is 6.03. The minimum absolute atomic E-state index is 0.0778. The first-order valence-electron chi connectivity index (χ1n) is 11.1. The number of ether oxygens (including phenoxy) is 2. The predicted molar refractivity (Wildman–Crippen MR) is 117 cm³/mol. The van der Waals surface area contributed by atoms with Crippen molar-refractivity contribution >= 4 is 21.8 Å². The maximum absolute atomic E-state index is 13.0. The lowest BCUT2D eigenvalue weighted by Crippen LogP contribution is -2.54. The van der Waals surface area contributed by atoms with Gasteiger partial charge in [0.05, 0.1) is 0 Å². The molecule has 0 atom stereocenters. The number of carbonyl (C=O) groups excluding carboxylic acids is 1. The quantitative estimate of drug-likeness (QED) is 0.679. The van der Waals surface area contributed by atoms with Crippen molar-refractivity contribution in [3.05, 3.63) is 18.2 Å². The Balaban J connectivity index is 1.21. The van der Waals surface area contributed by atoms with Gasteiger partial charge in [0, 0.05) is 64.0 Å². The number of rotatable bonds is 7. The topological polar surface area (TPSA) is 91.4 Å². The van der Waals surface area contributed by atoms with E-state index in [4.69, 9.17) is 9.47 Å². The van der Waals surface area contributed by atoms with E-state index in [0.717, 1.165) is 25.7 Å². The molecule has 1 amide bonds. The molecule has 0 spiro atoms. The van der Waals surface area contributed by atoms with E-state index in [9.17, 15) is 13.2 Å². The van der Waals surface area contributed by atoms with Crippen LogP contribution >= 0.6 is 0 Å². The first kappa shape index (κ1) is 22.3. The van der Waals surface area contributed by atoms with Crippen molar-refractivity contribution in [3.63, 3.8) is 0 Å². The van der Waals surface area contributed by atoms with Gasteiger partial charge in [-0.15, -0.1) is 0 Å². The molecule has 1 aromatic rings. The SMILES string of the molecule is CN(C1CCCCC1)S(=O)(=O)N1CCN(CCC(=O)Nc2ccc3c(c2)OCO3)CC1. The van der Waals surface area contributed by atoms with Gasteiger partial charge in [-0.05, 0) is 25.0 Å². The summed E-state index contributed by atoms with van der Waals surface area (Å²) in [6.07, 6.45) is 5.66. The van der Waals surface area contributed by atoms with Crippen LogP contribution in [0.4, 0.5) is 5.69 Å². The number of fused-ring (bicyclic) bond motifs is 1. The Morgan fingerprint density at radius 1 is 1.10 bits per heavy atom. The summed E-state index contributed by atoms with van der Waals surface area (Å²) in [5.41, 5.74) is 0.677. The average Bonchev–Trinajstić information content (AvgIpc) is 3.26. The lowest BCUT2D eigenvalue weighted by molar-refractivity contribution is -0.116. The average molecular weight is 453 g/mol. The third-order valence-electron chi connectivity index (χ3n) is 6.42. The summed E-state index contributed by atoms with van der Waals surface area (Å²) in [6.45, 7) is 2.99. The van der Waals surface area contributed by atoms with Crippen LogP contribution in [0.3, 0.4) is 0 Å². The summed E-state index contributed by atoms with van der Waals surface area (Å²) in [5.74, 6) is 1.24. The molecule has 31 heavy (non-hydrogen) atoms. The Morgan fingerprint density at radius 2 is 1.81 bits per heavy atom. The molecule has 1 aromatic carbocycles. The molecule has 172 valence electrons. The summed E-state index contributed by atoms with van der Waals surface area (Å²) in [6, 6.07) is 5.45. The molecule has 2 fully saturated rings. The maximum Gasteiger partial charge on any atom is 0.282 e. The van der Waals surface area contributed by atoms with Gasteiger partial charge in [-0.3, -0.25) is 4.79 Å². The number of nitrogens with one attached hydrogen (secondary N) is 1. The number of nitrogens with zero attached hydrogens (tertiary/aromatic N) is 3. The van der Waals surface area contributed by atoms with Crippen LogP contribution in [0.2, 0.25) is 0 Å². The van der Waals surface area contributed by atoms with E-state index in [-0.39, 0.29) is 18.7 Å². The molecule has 1 saturated carbocycles. The smallest absolute Gasteiger partial charge is 0.282 e. The van der Waals surface area contributed by atoms with Crippen LogP contribution in [-0.2, 0) is 15.0 Å². The molecule has 0 radical (unpaired) electrons. The number of hydrogen-bond donors (Lipinski definition) is 1. The summed E-state index contributed by atoms with van der Waals surface area (Å²) in [7, 11) is -1.70. The van der Waals surface area contributed by atoms with Crippen LogP contribution in [0.5, 0.6) is 11.5 Å². The fourth-order valence-electron chi connectivity index (χ4n) is 4.46. The molecular weight excluding hydrogens is 420 g/mol. The Bertz CT molecular complexity index is 880. The minimum atomic E-state index is -3.42. The normalized spacial score (nSPS) is 20.8. The van der Waals surface area contributed by atoms with E-state index in [1.165, 1.54) is 6.42 Å². The zero-order chi connectivity index (χ0) is 21.8. The summed E-state index contributed by atoms with van der Waals surface area (Å²) < 4.78 is 39.8. The lowest BCUT2D eigenvalue weighted by atomic mass is 9.96. The zero-order valence-corrected chi connectivity index (χ0v) is 18.9. The van der Waals surface area contributed by atoms with Crippen molar-refractivity contribution in [2.24, 2.45) is 0 Å². The van der Waals surface area contributed by atoms with E-state index >= 15 is 0 Å². The number of anilines is 1. The fraction of sp³-hybridized carbons (Fsp3) is 0.667. The van der Waals surface area contributed by atoms with Gasteiger partial charge in [-0.25, -0.2) is 0 Å².